The van der Waals surface area contributed by atoms with Crippen LogP contribution in [0.15, 0.2) is 0 Å². The number of piperidine rings is 1. The van der Waals surface area contributed by atoms with Gasteiger partial charge in [-0.2, -0.15) is 0 Å². The Bertz CT molecular complexity index is 414. The normalized spacial score (nSPS) is 25.5. The molecule has 3 N–H and O–H groups in total. The topological polar surface area (TPSA) is 95.5 Å². The maximum atomic E-state index is 12.2. The monoisotopic (exact) mass is 296 g/mol. The summed E-state index contributed by atoms with van der Waals surface area (Å²) in [5.41, 5.74) is -0.953. The molecule has 0 aromatic rings. The third-order valence-corrected chi connectivity index (χ3v) is 4.63. The van der Waals surface area contributed by atoms with Gasteiger partial charge < -0.3 is 15.7 Å². The molecule has 21 heavy (non-hydrogen) atoms. The summed E-state index contributed by atoms with van der Waals surface area (Å²) in [4.78, 5) is 35.5. The second-order valence-corrected chi connectivity index (χ2v) is 6.23. The fourth-order valence-corrected chi connectivity index (χ4v) is 3.33. The van der Waals surface area contributed by atoms with Gasteiger partial charge in [0.25, 0.3) is 0 Å². The summed E-state index contributed by atoms with van der Waals surface area (Å²) in [6.07, 6.45) is 6.29. The maximum absolute atomic E-state index is 12.2. The molecule has 1 saturated heterocycles. The minimum absolute atomic E-state index is 0.0217. The lowest BCUT2D eigenvalue weighted by molar-refractivity contribution is -0.153. The first-order chi connectivity index (χ1) is 10.0. The Morgan fingerprint density at radius 3 is 2.43 bits per heavy atom. The molecule has 2 amide bonds. The van der Waals surface area contributed by atoms with Crippen LogP contribution in [0.25, 0.3) is 0 Å². The molecule has 0 aromatic carbocycles. The van der Waals surface area contributed by atoms with Gasteiger partial charge in [-0.15, -0.1) is 0 Å². The summed E-state index contributed by atoms with van der Waals surface area (Å²) < 4.78 is 0. The van der Waals surface area contributed by atoms with Crippen LogP contribution < -0.4 is 10.6 Å². The largest absolute Gasteiger partial charge is 0.481 e. The molecule has 1 aliphatic carbocycles. The Labute approximate surface area is 124 Å². The van der Waals surface area contributed by atoms with Gasteiger partial charge in [0.05, 0.1) is 5.41 Å². The highest BCUT2D eigenvalue weighted by atomic mass is 16.4. The zero-order valence-corrected chi connectivity index (χ0v) is 12.3. The second-order valence-electron chi connectivity index (χ2n) is 6.23. The first kappa shape index (κ1) is 15.8. The predicted molar refractivity (Wildman–Crippen MR) is 76.6 cm³/mol. The third kappa shape index (κ3) is 3.95. The highest BCUT2D eigenvalue weighted by Gasteiger charge is 2.41. The second kappa shape index (κ2) is 6.91. The highest BCUT2D eigenvalue weighted by Crippen LogP contribution is 2.38. The van der Waals surface area contributed by atoms with Crippen LogP contribution >= 0.6 is 0 Å². The lowest BCUT2D eigenvalue weighted by atomic mass is 9.77. The Balaban J connectivity index is 1.97. The van der Waals surface area contributed by atoms with Crippen LogP contribution in [0, 0.1) is 5.41 Å². The van der Waals surface area contributed by atoms with Crippen molar-refractivity contribution in [2.75, 3.05) is 6.54 Å². The number of hydrogen-bond acceptors (Lipinski definition) is 3. The van der Waals surface area contributed by atoms with E-state index in [0.717, 1.165) is 32.1 Å². The van der Waals surface area contributed by atoms with Crippen LogP contribution in [-0.4, -0.2) is 35.5 Å². The first-order valence-corrected chi connectivity index (χ1v) is 7.84. The van der Waals surface area contributed by atoms with Crippen molar-refractivity contribution in [3.8, 4) is 0 Å². The Morgan fingerprint density at radius 2 is 1.86 bits per heavy atom. The number of hydrogen-bond donors (Lipinski definition) is 3. The minimum Gasteiger partial charge on any atom is -0.481 e. The molecule has 1 saturated carbocycles. The minimum atomic E-state index is -0.953. The summed E-state index contributed by atoms with van der Waals surface area (Å²) in [6.45, 7) is 0.643. The Morgan fingerprint density at radius 1 is 1.19 bits per heavy atom. The fraction of sp³-hybridized carbons (Fsp3) is 0.800. The van der Waals surface area contributed by atoms with Gasteiger partial charge in [0, 0.05) is 13.0 Å². The maximum Gasteiger partial charge on any atom is 0.310 e. The van der Waals surface area contributed by atoms with E-state index in [1.54, 1.807) is 0 Å². The van der Waals surface area contributed by atoms with Crippen molar-refractivity contribution in [1.82, 2.24) is 10.6 Å². The molecule has 0 bridgehead atoms. The standard InChI is InChI=1S/C15H24N2O4/c18-12(17-11-6-5-9-16-13(11)19)10-15(14(20)21)7-3-1-2-4-8-15/h11H,1-10H2,(H,16,19)(H,17,18)(H,20,21). The van der Waals surface area contributed by atoms with E-state index >= 15 is 0 Å². The molecule has 0 spiro atoms. The lowest BCUT2D eigenvalue weighted by Gasteiger charge is -2.29. The zero-order valence-electron chi connectivity index (χ0n) is 12.3. The number of carboxylic acid groups (broad SMARTS) is 1. The number of carboxylic acids is 1. The molecular weight excluding hydrogens is 272 g/mol. The molecule has 0 aromatic heterocycles. The molecule has 2 fully saturated rings. The van der Waals surface area contributed by atoms with E-state index in [4.69, 9.17) is 0 Å². The van der Waals surface area contributed by atoms with Crippen molar-refractivity contribution < 1.29 is 19.5 Å². The highest BCUT2D eigenvalue weighted by molar-refractivity contribution is 5.90. The van der Waals surface area contributed by atoms with Crippen LogP contribution in [0.3, 0.4) is 0 Å². The lowest BCUT2D eigenvalue weighted by Crippen LogP contribution is -2.51. The molecule has 6 nitrogen and oxygen atoms in total. The van der Waals surface area contributed by atoms with Gasteiger partial charge >= 0.3 is 5.97 Å². The molecule has 1 aliphatic heterocycles. The number of carbonyl (C=O) groups excluding carboxylic acids is 2. The number of amides is 2. The van der Waals surface area contributed by atoms with Gasteiger partial charge in [-0.05, 0) is 25.7 Å². The molecular formula is C15H24N2O4. The average molecular weight is 296 g/mol. The van der Waals surface area contributed by atoms with E-state index in [9.17, 15) is 19.5 Å². The zero-order chi connectivity index (χ0) is 15.3. The van der Waals surface area contributed by atoms with Crippen molar-refractivity contribution in [1.29, 1.82) is 0 Å². The Hall–Kier alpha value is -1.59. The quantitative estimate of drug-likeness (QED) is 0.679. The molecule has 2 aliphatic rings. The van der Waals surface area contributed by atoms with E-state index < -0.39 is 17.4 Å². The van der Waals surface area contributed by atoms with Crippen molar-refractivity contribution in [2.24, 2.45) is 5.41 Å². The van der Waals surface area contributed by atoms with E-state index in [2.05, 4.69) is 10.6 Å². The summed E-state index contributed by atoms with van der Waals surface area (Å²) >= 11 is 0. The van der Waals surface area contributed by atoms with Gasteiger partial charge in [-0.3, -0.25) is 14.4 Å². The Kier molecular flexibility index (Phi) is 5.20. The first-order valence-electron chi connectivity index (χ1n) is 7.84. The molecule has 0 radical (unpaired) electrons. The van der Waals surface area contributed by atoms with Gasteiger partial charge in [0.2, 0.25) is 11.8 Å². The average Bonchev–Trinajstić information content (AvgIpc) is 2.68. The number of aliphatic carboxylic acids is 1. The van der Waals surface area contributed by atoms with Crippen molar-refractivity contribution in [3.05, 3.63) is 0 Å². The van der Waals surface area contributed by atoms with Gasteiger partial charge in [-0.25, -0.2) is 0 Å². The molecule has 1 atom stereocenters. The van der Waals surface area contributed by atoms with E-state index in [1.165, 1.54) is 0 Å². The van der Waals surface area contributed by atoms with Gasteiger partial charge in [-0.1, -0.05) is 25.7 Å². The predicted octanol–water partition coefficient (Wildman–Crippen LogP) is 1.20. The summed E-state index contributed by atoms with van der Waals surface area (Å²) in [6, 6.07) is -0.511. The summed E-state index contributed by atoms with van der Waals surface area (Å²) in [7, 11) is 0. The van der Waals surface area contributed by atoms with Crippen LogP contribution in [-0.2, 0) is 14.4 Å². The van der Waals surface area contributed by atoms with Gasteiger partial charge in [0.15, 0.2) is 0 Å². The van der Waals surface area contributed by atoms with Crippen molar-refractivity contribution >= 4 is 17.8 Å². The fourth-order valence-electron chi connectivity index (χ4n) is 3.33. The molecule has 2 rings (SSSR count). The van der Waals surface area contributed by atoms with E-state index in [-0.39, 0.29) is 18.2 Å². The van der Waals surface area contributed by atoms with Crippen LogP contribution in [0.2, 0.25) is 0 Å². The smallest absolute Gasteiger partial charge is 0.310 e. The van der Waals surface area contributed by atoms with Gasteiger partial charge in [0.1, 0.15) is 6.04 Å². The van der Waals surface area contributed by atoms with E-state index in [0.29, 0.717) is 25.8 Å². The molecule has 1 unspecified atom stereocenters. The number of carbonyl (C=O) groups is 3. The summed E-state index contributed by atoms with van der Waals surface area (Å²) in [5.74, 6) is -1.37. The van der Waals surface area contributed by atoms with Crippen LogP contribution in [0.1, 0.15) is 57.8 Å². The van der Waals surface area contributed by atoms with Crippen molar-refractivity contribution in [3.63, 3.8) is 0 Å². The third-order valence-electron chi connectivity index (χ3n) is 4.63. The molecule has 6 heteroatoms. The van der Waals surface area contributed by atoms with E-state index in [1.807, 2.05) is 0 Å². The number of nitrogens with one attached hydrogen (secondary N) is 2. The van der Waals surface area contributed by atoms with Crippen molar-refractivity contribution in [2.45, 2.75) is 63.8 Å². The molecule has 1 heterocycles. The van der Waals surface area contributed by atoms with Crippen LogP contribution in [0.4, 0.5) is 0 Å². The van der Waals surface area contributed by atoms with Crippen LogP contribution in [0.5, 0.6) is 0 Å². The number of rotatable bonds is 4. The SMILES string of the molecule is O=C(CC1(C(=O)O)CCCCCC1)NC1CCCNC1=O. The summed E-state index contributed by atoms with van der Waals surface area (Å²) in [5, 5.41) is 15.0. The molecule has 118 valence electrons.